The molecule has 15 nitrogen and oxygen atoms in total. The third kappa shape index (κ3) is 10.3. The van der Waals surface area contributed by atoms with Gasteiger partial charge in [-0.05, 0) is 70.1 Å². The Hall–Kier alpha value is -5.58. The molecule has 0 atom stereocenters. The summed E-state index contributed by atoms with van der Waals surface area (Å²) in [6.45, 7) is 0.667. The van der Waals surface area contributed by atoms with Gasteiger partial charge in [-0.2, -0.15) is 39.5 Å². The minimum Gasteiger partial charge on any atom is -0.359 e. The Morgan fingerprint density at radius 3 is 1.29 bits per heavy atom. The Bertz CT molecular complexity index is 2610. The van der Waals surface area contributed by atoms with Gasteiger partial charge >= 0.3 is 18.5 Å². The number of hydrogen-bond acceptors (Lipinski definition) is 12. The fraction of sp³-hybridized carbons (Fsp3) is 0.634. The molecule has 0 aliphatic heterocycles. The van der Waals surface area contributed by atoms with Gasteiger partial charge in [0.05, 0.1) is 18.6 Å². The van der Waals surface area contributed by atoms with Crippen LogP contribution in [0.2, 0.25) is 0 Å². The fourth-order valence-corrected chi connectivity index (χ4v) is 8.42. The molecule has 24 heteroatoms. The molecule has 11 rings (SSSR count). The Morgan fingerprint density at radius 1 is 0.477 bits per heavy atom. The molecule has 5 aliphatic rings. The van der Waals surface area contributed by atoms with Crippen LogP contribution in [0.4, 0.5) is 57.4 Å². The summed E-state index contributed by atoms with van der Waals surface area (Å²) in [5, 5.41) is 9.54. The zero-order chi connectivity index (χ0) is 45.7. The lowest BCUT2D eigenvalue weighted by Gasteiger charge is -2.20. The number of alkyl halides is 9. The second-order valence-corrected chi connectivity index (χ2v) is 17.5. The molecule has 3 N–H and O–H groups in total. The quantitative estimate of drug-likeness (QED) is 0.0929. The number of fused-ring (bicyclic) bond motifs is 3. The summed E-state index contributed by atoms with van der Waals surface area (Å²) in [5.41, 5.74) is 2.04. The van der Waals surface area contributed by atoms with Crippen LogP contribution >= 0.6 is 0 Å². The van der Waals surface area contributed by atoms with E-state index in [4.69, 9.17) is 0 Å². The lowest BCUT2D eigenvalue weighted by atomic mass is 10.1. The van der Waals surface area contributed by atoms with Crippen LogP contribution in [-0.4, -0.2) is 77.7 Å². The fourth-order valence-electron chi connectivity index (χ4n) is 8.42. The van der Waals surface area contributed by atoms with E-state index >= 15 is 0 Å². The first-order valence-corrected chi connectivity index (χ1v) is 22.2. The SMILES string of the molecule is CNc1nc2cnc(C(F)(F)F)nc2n1C1CCCC1.FC(F)(F)c1ncc2nc(NC3CC3)n(C3CCCCCC3)c2n1.FC(F)(F)c1ncc2nc(NC3CC3)n(CC3CC3)c2n1. The average molecular weight is 922 g/mol. The van der Waals surface area contributed by atoms with Gasteiger partial charge in [-0.15, -0.1) is 0 Å². The molecular formula is C41H48F9N15. The highest BCUT2D eigenvalue weighted by Crippen LogP contribution is 2.39. The molecule has 0 saturated heterocycles. The van der Waals surface area contributed by atoms with Gasteiger partial charge in [-0.25, -0.2) is 44.9 Å². The zero-order valence-electron chi connectivity index (χ0n) is 35.4. The normalized spacial score (nSPS) is 18.9. The summed E-state index contributed by atoms with van der Waals surface area (Å²) in [7, 11) is 1.70. The van der Waals surface area contributed by atoms with E-state index < -0.39 is 36.0 Å². The molecule has 5 fully saturated rings. The number of nitrogens with zero attached hydrogens (tertiary/aromatic N) is 12. The smallest absolute Gasteiger partial charge is 0.359 e. The molecule has 6 aromatic heterocycles. The summed E-state index contributed by atoms with van der Waals surface area (Å²) in [6, 6.07) is 1.06. The standard InChI is InChI=1S/C16H20F3N5.C13H14F3N5.C12H14F3N5/c17-16(18,19)14-20-9-12-13(23-14)24(11-5-3-1-2-4-6-11)15(22-12)21-10-7-8-10;14-13(15,16)11-17-5-9-10(20-11)21(6-7-1-2-7)12(19-9)18-8-3-4-8;1-16-11-18-8-6-17-10(12(13,14)15)19-9(8)20(11)7-4-2-3-5-7/h9-11H,1-8H2,(H,21,22);5,7-8H,1-4,6H2,(H,18,19);6-7H,2-5H2,1H3,(H,16,18). The highest BCUT2D eigenvalue weighted by atomic mass is 19.4. The highest BCUT2D eigenvalue weighted by molar-refractivity contribution is 5.75. The van der Waals surface area contributed by atoms with Crippen molar-refractivity contribution in [3.63, 3.8) is 0 Å². The van der Waals surface area contributed by atoms with Crippen molar-refractivity contribution in [1.82, 2.24) is 58.6 Å². The van der Waals surface area contributed by atoms with E-state index in [2.05, 4.69) is 60.8 Å². The Morgan fingerprint density at radius 2 is 0.862 bits per heavy atom. The first kappa shape index (κ1) is 44.6. The first-order valence-electron chi connectivity index (χ1n) is 22.2. The number of aromatic nitrogens is 12. The van der Waals surface area contributed by atoms with Crippen molar-refractivity contribution in [3.05, 3.63) is 36.1 Å². The lowest BCUT2D eigenvalue weighted by molar-refractivity contribution is -0.145. The molecule has 5 aliphatic carbocycles. The van der Waals surface area contributed by atoms with Gasteiger partial charge in [0.25, 0.3) is 0 Å². The number of halogens is 9. The van der Waals surface area contributed by atoms with Gasteiger partial charge in [0.2, 0.25) is 35.3 Å². The number of anilines is 3. The minimum absolute atomic E-state index is 0.148. The van der Waals surface area contributed by atoms with Crippen molar-refractivity contribution >= 4 is 51.3 Å². The van der Waals surface area contributed by atoms with Crippen LogP contribution in [0.1, 0.15) is 132 Å². The number of rotatable bonds is 9. The Kier molecular flexibility index (Phi) is 12.1. The van der Waals surface area contributed by atoms with Gasteiger partial charge < -0.3 is 16.0 Å². The zero-order valence-corrected chi connectivity index (χ0v) is 35.4. The Labute approximate surface area is 365 Å². The molecule has 6 aromatic rings. The van der Waals surface area contributed by atoms with Gasteiger partial charge in [0.15, 0.2) is 16.9 Å². The molecule has 6 heterocycles. The van der Waals surface area contributed by atoms with Crippen LogP contribution in [0.25, 0.3) is 33.5 Å². The predicted octanol–water partition coefficient (Wildman–Crippen LogP) is 10.1. The number of nitrogens with one attached hydrogen (secondary N) is 3. The van der Waals surface area contributed by atoms with Crippen LogP contribution in [-0.2, 0) is 25.1 Å². The van der Waals surface area contributed by atoms with Gasteiger partial charge in [-0.1, -0.05) is 38.5 Å². The van der Waals surface area contributed by atoms with E-state index in [0.717, 1.165) is 102 Å². The van der Waals surface area contributed by atoms with Crippen molar-refractivity contribution in [2.24, 2.45) is 5.92 Å². The number of imidazole rings is 3. The van der Waals surface area contributed by atoms with Crippen molar-refractivity contribution in [1.29, 1.82) is 0 Å². The molecular weight excluding hydrogens is 874 g/mol. The monoisotopic (exact) mass is 921 g/mol. The van der Waals surface area contributed by atoms with Crippen molar-refractivity contribution in [2.45, 2.75) is 152 Å². The maximum absolute atomic E-state index is 13.0. The van der Waals surface area contributed by atoms with Gasteiger partial charge in [0, 0.05) is 37.8 Å². The molecule has 0 unspecified atom stereocenters. The average Bonchev–Trinajstić information content (AvgIpc) is 4.22. The second-order valence-electron chi connectivity index (χ2n) is 17.5. The van der Waals surface area contributed by atoms with E-state index in [1.807, 2.05) is 4.57 Å². The Balaban J connectivity index is 0.000000124. The molecule has 0 spiro atoms. The van der Waals surface area contributed by atoms with Gasteiger partial charge in [-0.3, -0.25) is 13.7 Å². The van der Waals surface area contributed by atoms with Crippen LogP contribution in [0.3, 0.4) is 0 Å². The molecule has 65 heavy (non-hydrogen) atoms. The third-order valence-corrected chi connectivity index (χ3v) is 12.2. The minimum atomic E-state index is -4.54. The van der Waals surface area contributed by atoms with E-state index in [1.165, 1.54) is 19.0 Å². The summed E-state index contributed by atoms with van der Waals surface area (Å²) < 4.78 is 121. The molecule has 5 saturated carbocycles. The van der Waals surface area contributed by atoms with Crippen LogP contribution < -0.4 is 16.0 Å². The maximum atomic E-state index is 13.0. The topological polar surface area (TPSA) is 167 Å². The second kappa shape index (κ2) is 17.7. The van der Waals surface area contributed by atoms with E-state index in [0.29, 0.717) is 64.6 Å². The number of hydrogen-bond donors (Lipinski definition) is 3. The lowest BCUT2D eigenvalue weighted by Crippen LogP contribution is -2.16. The molecule has 0 aromatic carbocycles. The van der Waals surface area contributed by atoms with E-state index in [-0.39, 0.29) is 23.4 Å². The molecule has 350 valence electrons. The van der Waals surface area contributed by atoms with Crippen molar-refractivity contribution in [3.8, 4) is 0 Å². The van der Waals surface area contributed by atoms with E-state index in [9.17, 15) is 39.5 Å². The maximum Gasteiger partial charge on any atom is 0.451 e. The van der Waals surface area contributed by atoms with Crippen molar-refractivity contribution < 1.29 is 39.5 Å². The third-order valence-electron chi connectivity index (χ3n) is 12.2. The van der Waals surface area contributed by atoms with Crippen molar-refractivity contribution in [2.75, 3.05) is 23.0 Å². The molecule has 0 bridgehead atoms. The summed E-state index contributed by atoms with van der Waals surface area (Å²) in [6.07, 6.45) is 6.85. The highest BCUT2D eigenvalue weighted by Gasteiger charge is 2.39. The summed E-state index contributed by atoms with van der Waals surface area (Å²) >= 11 is 0. The summed E-state index contributed by atoms with van der Waals surface area (Å²) in [5.74, 6) is -0.993. The van der Waals surface area contributed by atoms with Crippen LogP contribution in [0, 0.1) is 5.92 Å². The first-order chi connectivity index (χ1) is 31.0. The van der Waals surface area contributed by atoms with Crippen LogP contribution in [0.15, 0.2) is 18.6 Å². The van der Waals surface area contributed by atoms with Crippen LogP contribution in [0.5, 0.6) is 0 Å². The van der Waals surface area contributed by atoms with Gasteiger partial charge in [0.1, 0.15) is 16.6 Å². The largest absolute Gasteiger partial charge is 0.451 e. The predicted molar refractivity (Wildman–Crippen MR) is 221 cm³/mol. The molecule has 0 radical (unpaired) electrons. The summed E-state index contributed by atoms with van der Waals surface area (Å²) in [4.78, 5) is 34.5. The molecule has 0 amide bonds. The van der Waals surface area contributed by atoms with E-state index in [1.54, 1.807) is 16.2 Å².